The molecule has 0 aromatic heterocycles. The quantitative estimate of drug-likeness (QED) is 0.780. The predicted octanol–water partition coefficient (Wildman–Crippen LogP) is 4.17. The summed E-state index contributed by atoms with van der Waals surface area (Å²) in [6.07, 6.45) is 1.90. The van der Waals surface area contributed by atoms with Gasteiger partial charge in [0.15, 0.2) is 0 Å². The second-order valence-corrected chi connectivity index (χ2v) is 5.60. The van der Waals surface area contributed by atoms with E-state index in [1.807, 2.05) is 7.11 Å². The zero-order valence-electron chi connectivity index (χ0n) is 14.7. The number of likely N-dealkylation sites (N-methyl/N-ethyl adjacent to an activating group) is 1. The molecule has 21 heavy (non-hydrogen) atoms. The molecule has 1 aromatic rings. The normalized spacial score (nSPS) is 13.3. The first-order chi connectivity index (χ1) is 10.0. The number of rotatable bonds is 8. The lowest BCUT2D eigenvalue weighted by atomic mass is 9.82. The van der Waals surface area contributed by atoms with Crippen molar-refractivity contribution in [2.24, 2.45) is 0 Å². The Kier molecular flexibility index (Phi) is 6.69. The van der Waals surface area contributed by atoms with Gasteiger partial charge in [0.05, 0.1) is 18.8 Å². The maximum atomic E-state index is 5.96. The smallest absolute Gasteiger partial charge is 0.126 e. The van der Waals surface area contributed by atoms with Crippen LogP contribution >= 0.6 is 0 Å². The summed E-state index contributed by atoms with van der Waals surface area (Å²) in [7, 11) is 3.56. The lowest BCUT2D eigenvalue weighted by Gasteiger charge is -2.40. The average Bonchev–Trinajstić information content (AvgIpc) is 2.51. The highest BCUT2D eigenvalue weighted by Gasteiger charge is 2.38. The number of hydrogen-bond donors (Lipinski definition) is 1. The van der Waals surface area contributed by atoms with Crippen LogP contribution in [-0.4, -0.2) is 26.4 Å². The largest absolute Gasteiger partial charge is 0.496 e. The maximum Gasteiger partial charge on any atom is 0.126 e. The lowest BCUT2D eigenvalue weighted by molar-refractivity contribution is -0.0487. The van der Waals surface area contributed by atoms with Gasteiger partial charge in [-0.2, -0.15) is 0 Å². The van der Waals surface area contributed by atoms with E-state index in [2.05, 4.69) is 52.1 Å². The molecular weight excluding hydrogens is 262 g/mol. The molecule has 1 N–H and O–H groups in total. The number of aryl methyl sites for hydroxylation is 1. The van der Waals surface area contributed by atoms with Crippen molar-refractivity contribution in [2.45, 2.75) is 59.1 Å². The van der Waals surface area contributed by atoms with Gasteiger partial charge < -0.3 is 14.8 Å². The van der Waals surface area contributed by atoms with E-state index >= 15 is 0 Å². The fourth-order valence-electron chi connectivity index (χ4n) is 3.16. The van der Waals surface area contributed by atoms with Crippen LogP contribution in [0.25, 0.3) is 0 Å². The molecule has 3 nitrogen and oxygen atoms in total. The first-order valence-corrected chi connectivity index (χ1v) is 7.93. The fourth-order valence-corrected chi connectivity index (χ4v) is 3.16. The first kappa shape index (κ1) is 18.0. The predicted molar refractivity (Wildman–Crippen MR) is 89.2 cm³/mol. The molecule has 0 heterocycles. The summed E-state index contributed by atoms with van der Waals surface area (Å²) in [6, 6.07) is 4.47. The summed E-state index contributed by atoms with van der Waals surface area (Å²) in [4.78, 5) is 0. The summed E-state index contributed by atoms with van der Waals surface area (Å²) < 4.78 is 11.7. The van der Waals surface area contributed by atoms with Crippen molar-refractivity contribution >= 4 is 0 Å². The van der Waals surface area contributed by atoms with Gasteiger partial charge in [0.1, 0.15) is 5.75 Å². The van der Waals surface area contributed by atoms with Gasteiger partial charge >= 0.3 is 0 Å². The summed E-state index contributed by atoms with van der Waals surface area (Å²) in [6.45, 7) is 11.6. The molecular formula is C18H31NO2. The van der Waals surface area contributed by atoms with E-state index in [0.29, 0.717) is 0 Å². The van der Waals surface area contributed by atoms with E-state index in [1.54, 1.807) is 7.11 Å². The van der Waals surface area contributed by atoms with Gasteiger partial charge in [0.25, 0.3) is 0 Å². The molecule has 0 bridgehead atoms. The molecule has 1 aromatic carbocycles. The molecule has 1 unspecified atom stereocenters. The van der Waals surface area contributed by atoms with Gasteiger partial charge in [-0.3, -0.25) is 0 Å². The van der Waals surface area contributed by atoms with E-state index in [1.165, 1.54) is 16.7 Å². The Balaban J connectivity index is 3.45. The van der Waals surface area contributed by atoms with Crippen LogP contribution in [0.4, 0.5) is 0 Å². The van der Waals surface area contributed by atoms with Gasteiger partial charge in [-0.05, 0) is 44.4 Å². The number of hydrogen-bond acceptors (Lipinski definition) is 3. The highest BCUT2D eigenvalue weighted by molar-refractivity contribution is 5.47. The van der Waals surface area contributed by atoms with Crippen molar-refractivity contribution in [1.29, 1.82) is 0 Å². The van der Waals surface area contributed by atoms with Crippen molar-refractivity contribution in [3.63, 3.8) is 0 Å². The Morgan fingerprint density at radius 1 is 1.10 bits per heavy atom. The summed E-state index contributed by atoms with van der Waals surface area (Å²) in [5, 5.41) is 3.61. The van der Waals surface area contributed by atoms with E-state index in [0.717, 1.165) is 25.1 Å². The van der Waals surface area contributed by atoms with Gasteiger partial charge in [0.2, 0.25) is 0 Å². The molecule has 0 saturated carbocycles. The standard InChI is InChI=1S/C18H31NO2/c1-8-18(9-2,21-7)17(19-10-3)15-12-11-13(4)14(5)16(15)20-6/h11-12,17,19H,8-10H2,1-7H3. The van der Waals surface area contributed by atoms with Crippen molar-refractivity contribution in [3.8, 4) is 5.75 Å². The third-order valence-corrected chi connectivity index (χ3v) is 4.76. The maximum absolute atomic E-state index is 5.96. The van der Waals surface area contributed by atoms with Crippen LogP contribution in [-0.2, 0) is 4.74 Å². The minimum Gasteiger partial charge on any atom is -0.496 e. The molecule has 1 atom stereocenters. The lowest BCUT2D eigenvalue weighted by Crippen LogP contribution is -2.45. The number of benzene rings is 1. The molecule has 0 spiro atoms. The fraction of sp³-hybridized carbons (Fsp3) is 0.667. The average molecular weight is 293 g/mol. The van der Waals surface area contributed by atoms with Gasteiger partial charge in [-0.15, -0.1) is 0 Å². The molecule has 0 radical (unpaired) electrons. The summed E-state index contributed by atoms with van der Waals surface area (Å²) >= 11 is 0. The zero-order chi connectivity index (χ0) is 16.0. The van der Waals surface area contributed by atoms with Gasteiger partial charge in [-0.25, -0.2) is 0 Å². The highest BCUT2D eigenvalue weighted by atomic mass is 16.5. The minimum atomic E-state index is -0.217. The summed E-state index contributed by atoms with van der Waals surface area (Å²) in [5.74, 6) is 0.976. The van der Waals surface area contributed by atoms with Crippen LogP contribution in [0.1, 0.15) is 56.3 Å². The van der Waals surface area contributed by atoms with Gasteiger partial charge in [-0.1, -0.05) is 32.9 Å². The summed E-state index contributed by atoms with van der Waals surface area (Å²) in [5.41, 5.74) is 3.43. The highest BCUT2D eigenvalue weighted by Crippen LogP contribution is 2.40. The third-order valence-electron chi connectivity index (χ3n) is 4.76. The molecule has 0 aliphatic rings. The van der Waals surface area contributed by atoms with E-state index < -0.39 is 0 Å². The number of methoxy groups -OCH3 is 2. The van der Waals surface area contributed by atoms with E-state index in [9.17, 15) is 0 Å². The van der Waals surface area contributed by atoms with E-state index in [4.69, 9.17) is 9.47 Å². The first-order valence-electron chi connectivity index (χ1n) is 7.93. The Bertz CT molecular complexity index is 445. The molecule has 120 valence electrons. The van der Waals surface area contributed by atoms with Crippen LogP contribution in [0.5, 0.6) is 5.75 Å². The van der Waals surface area contributed by atoms with Crippen molar-refractivity contribution in [3.05, 3.63) is 28.8 Å². The van der Waals surface area contributed by atoms with Gasteiger partial charge in [0, 0.05) is 12.7 Å². The molecule has 1 rings (SSSR count). The Hall–Kier alpha value is -1.06. The van der Waals surface area contributed by atoms with Crippen LogP contribution in [0.3, 0.4) is 0 Å². The van der Waals surface area contributed by atoms with Crippen LogP contribution in [0, 0.1) is 13.8 Å². The second kappa shape index (κ2) is 7.81. The molecule has 0 aliphatic carbocycles. The third kappa shape index (κ3) is 3.41. The second-order valence-electron chi connectivity index (χ2n) is 5.60. The molecule has 0 amide bonds. The van der Waals surface area contributed by atoms with Crippen molar-refractivity contribution < 1.29 is 9.47 Å². The number of ether oxygens (including phenoxy) is 2. The topological polar surface area (TPSA) is 30.5 Å². The SMILES string of the molecule is CCNC(c1ccc(C)c(C)c1OC)C(CC)(CC)OC. The zero-order valence-corrected chi connectivity index (χ0v) is 14.7. The number of nitrogens with one attached hydrogen (secondary N) is 1. The molecule has 3 heteroatoms. The Labute approximate surface area is 130 Å². The Morgan fingerprint density at radius 2 is 1.71 bits per heavy atom. The minimum absolute atomic E-state index is 0.122. The van der Waals surface area contributed by atoms with Crippen LogP contribution in [0.15, 0.2) is 12.1 Å². The van der Waals surface area contributed by atoms with Crippen molar-refractivity contribution in [2.75, 3.05) is 20.8 Å². The molecule has 0 saturated heterocycles. The van der Waals surface area contributed by atoms with Crippen LogP contribution < -0.4 is 10.1 Å². The van der Waals surface area contributed by atoms with Crippen LogP contribution in [0.2, 0.25) is 0 Å². The van der Waals surface area contributed by atoms with E-state index in [-0.39, 0.29) is 11.6 Å². The van der Waals surface area contributed by atoms with Crippen molar-refractivity contribution in [1.82, 2.24) is 5.32 Å². The molecule has 0 aliphatic heterocycles. The molecule has 0 fully saturated rings. The monoisotopic (exact) mass is 293 g/mol. The Morgan fingerprint density at radius 3 is 2.14 bits per heavy atom.